The third kappa shape index (κ3) is 12.4. The van der Waals surface area contributed by atoms with Crippen molar-refractivity contribution < 1.29 is 38.4 Å². The Balaban J connectivity index is 0.000000137. The number of aromatic amines is 1. The molecule has 14 aromatic carbocycles. The summed E-state index contributed by atoms with van der Waals surface area (Å²) in [6.45, 7) is 4.19. The molecule has 103 heavy (non-hydrogen) atoms. The quantitative estimate of drug-likeness (QED) is 0.106. The van der Waals surface area contributed by atoms with Gasteiger partial charge in [-0.05, 0) is 166 Å². The van der Waals surface area contributed by atoms with Crippen LogP contribution in [0.2, 0.25) is 0 Å². The minimum absolute atomic E-state index is 0. The molecule has 2 aliphatic heterocycles. The molecule has 17 aromatic rings. The summed E-state index contributed by atoms with van der Waals surface area (Å²) in [4.78, 5) is 11.7. The molecule has 0 fully saturated rings. The number of hydrogen-bond donors (Lipinski definition) is 0. The van der Waals surface area contributed by atoms with Gasteiger partial charge in [-0.25, -0.2) is 4.98 Å². The molecule has 3 aromatic heterocycles. The number of aromatic nitrogens is 3. The molecule has 0 amide bonds. The molecular weight excluding hydrogens is 1250 g/mol. The molecule has 2 aliphatic rings. The van der Waals surface area contributed by atoms with E-state index in [0.29, 0.717) is 5.52 Å². The monoisotopic (exact) mass is 1310 g/mol. The van der Waals surface area contributed by atoms with Crippen molar-refractivity contribution in [3.05, 3.63) is 370 Å². The molecule has 8 heteroatoms. The minimum atomic E-state index is -0.0825. The zero-order valence-electron chi connectivity index (χ0n) is 57.3. The topological polar surface area (TPSA) is 81.4 Å². The molecular formula is C95H66BLiN3O3+. The molecule has 6 nitrogen and oxygen atoms in total. The summed E-state index contributed by atoms with van der Waals surface area (Å²) in [7, 11) is 0. The molecule has 0 spiro atoms. The van der Waals surface area contributed by atoms with Crippen molar-refractivity contribution in [1.82, 2.24) is 9.97 Å². The van der Waals surface area contributed by atoms with Crippen LogP contribution in [-0.2, 0) is 0 Å². The number of para-hydroxylation sites is 3. The largest absolute Gasteiger partial charge is 1.00 e. The van der Waals surface area contributed by atoms with Crippen molar-refractivity contribution in [2.24, 2.45) is 0 Å². The van der Waals surface area contributed by atoms with Crippen LogP contribution in [0.4, 0.5) is 0 Å². The standard InChI is InChI=1S/C44H32N2.C42H27BO2.C9H7NO.Li/c1-29-22-24-45-27-41(29)32-12-16-34(17-13-32)43-37-10-6-7-11-38(37)44(35-18-14-33(15-19-35)42-28-46-25-23-30(42)2)40-26-36(20-21-39(40)43)31-8-4-3-5-9-31;1-5-15-28(16-6-1)32-23-13-25-36-39(32)44-41-34(30-19-9-3-10-20-30)27-35(31-21-11-4-12-22-31)42-38(41)43(36)37-26-14-24-33(40(37)45-42)29-17-7-2-8-18-29;11-8-5-1-3-7-4-2-6-10-9(7)8;/h3-28H,1-2H3;1-27H;1-6,11H;/q;;;+1. The SMILES string of the molecule is Cc1ccncc1-c1ccc(-c2c3ccccc3c(-c3ccc(-c4cnccc4C)cc3)c3cc(-c4ccccc4)ccc23)cc1.[Li+].[O-]c1cccc2ccc[nH+]c12.c1ccc(-c2cccc3c2Oc2c(-c4ccccc4)cc(-c4ccccc4)c4c2B3c2cccc(-c3ccccc3)c2O4)cc1. The Hall–Kier alpha value is -12.6. The van der Waals surface area contributed by atoms with E-state index in [2.05, 4.69) is 326 Å². The predicted octanol–water partition coefficient (Wildman–Crippen LogP) is 18.5. The van der Waals surface area contributed by atoms with E-state index in [1.807, 2.05) is 43.0 Å². The van der Waals surface area contributed by atoms with E-state index >= 15 is 0 Å². The van der Waals surface area contributed by atoms with Gasteiger partial charge in [-0.1, -0.05) is 285 Å². The van der Waals surface area contributed by atoms with Crippen molar-refractivity contribution in [3.8, 4) is 129 Å². The Morgan fingerprint density at radius 1 is 0.311 bits per heavy atom. The van der Waals surface area contributed by atoms with E-state index in [0.717, 1.165) is 100 Å². The number of H-pyrrole nitrogens is 1. The van der Waals surface area contributed by atoms with Crippen LogP contribution in [0.3, 0.4) is 0 Å². The fourth-order valence-corrected chi connectivity index (χ4v) is 14.9. The van der Waals surface area contributed by atoms with Gasteiger partial charge in [0.25, 0.3) is 6.71 Å². The molecule has 0 radical (unpaired) electrons. The van der Waals surface area contributed by atoms with Gasteiger partial charge >= 0.3 is 18.9 Å². The second kappa shape index (κ2) is 28.5. The van der Waals surface area contributed by atoms with E-state index in [-0.39, 0.29) is 31.3 Å². The maximum Gasteiger partial charge on any atom is 1.00 e. The Labute approximate surface area is 612 Å². The van der Waals surface area contributed by atoms with Gasteiger partial charge in [-0.15, -0.1) is 0 Å². The number of fused-ring (bicyclic) bond motifs is 7. The van der Waals surface area contributed by atoms with Crippen molar-refractivity contribution in [1.29, 1.82) is 0 Å². The van der Waals surface area contributed by atoms with Crippen LogP contribution in [0, 0.1) is 13.8 Å². The van der Waals surface area contributed by atoms with Crippen LogP contribution in [0.5, 0.6) is 28.7 Å². The Morgan fingerprint density at radius 2 is 0.699 bits per heavy atom. The fraction of sp³-hybridized carbons (Fsp3) is 0.0211. The number of ether oxygens (including phenoxy) is 2. The number of aryl methyl sites for hydroxylation is 2. The summed E-state index contributed by atoms with van der Waals surface area (Å²) >= 11 is 0. The molecule has 482 valence electrons. The second-order valence-corrected chi connectivity index (χ2v) is 25.9. The fourth-order valence-electron chi connectivity index (χ4n) is 14.9. The first-order valence-corrected chi connectivity index (χ1v) is 34.6. The number of rotatable bonds is 9. The van der Waals surface area contributed by atoms with Gasteiger partial charge < -0.3 is 14.6 Å². The Kier molecular flexibility index (Phi) is 18.0. The maximum atomic E-state index is 11.1. The number of pyridine rings is 3. The number of nitrogens with one attached hydrogen (secondary N) is 1. The van der Waals surface area contributed by atoms with Crippen molar-refractivity contribution in [2.75, 3.05) is 0 Å². The van der Waals surface area contributed by atoms with Gasteiger partial charge in [0, 0.05) is 75.1 Å². The van der Waals surface area contributed by atoms with Gasteiger partial charge in [0.15, 0.2) is 6.20 Å². The summed E-state index contributed by atoms with van der Waals surface area (Å²) in [5, 5.41) is 17.1. The normalized spacial score (nSPS) is 11.5. The third-order valence-corrected chi connectivity index (χ3v) is 19.9. The van der Waals surface area contributed by atoms with Gasteiger partial charge in [-0.2, -0.15) is 0 Å². The number of nitrogens with zero attached hydrogens (tertiary/aromatic N) is 2. The molecule has 0 saturated carbocycles. The minimum Gasteiger partial charge on any atom is -0.868 e. The zero-order valence-corrected chi connectivity index (χ0v) is 57.3. The van der Waals surface area contributed by atoms with Crippen LogP contribution in [0.1, 0.15) is 11.1 Å². The Bertz CT molecular complexity index is 5800. The molecule has 19 rings (SSSR count). The molecule has 0 saturated heterocycles. The van der Waals surface area contributed by atoms with Crippen molar-refractivity contribution in [2.45, 2.75) is 13.8 Å². The third-order valence-electron chi connectivity index (χ3n) is 19.9. The average Bonchev–Trinajstić information content (AvgIpc) is 0.705. The van der Waals surface area contributed by atoms with E-state index < -0.39 is 0 Å². The predicted molar refractivity (Wildman–Crippen MR) is 420 cm³/mol. The maximum absolute atomic E-state index is 11.1. The van der Waals surface area contributed by atoms with E-state index in [1.54, 1.807) is 18.3 Å². The van der Waals surface area contributed by atoms with Crippen LogP contribution in [-0.4, -0.2) is 16.7 Å². The summed E-state index contributed by atoms with van der Waals surface area (Å²) < 4.78 is 14.3. The van der Waals surface area contributed by atoms with E-state index in [9.17, 15) is 5.11 Å². The Morgan fingerprint density at radius 3 is 1.17 bits per heavy atom. The number of benzene rings is 14. The van der Waals surface area contributed by atoms with Crippen LogP contribution >= 0.6 is 0 Å². The zero-order chi connectivity index (χ0) is 68.5. The van der Waals surface area contributed by atoms with Crippen molar-refractivity contribution >= 4 is 55.5 Å². The molecule has 0 atom stereocenters. The summed E-state index contributed by atoms with van der Waals surface area (Å²) in [5.41, 5.74) is 27.2. The van der Waals surface area contributed by atoms with Crippen LogP contribution < -0.4 is 54.8 Å². The molecule has 0 aliphatic carbocycles. The second-order valence-electron chi connectivity index (χ2n) is 25.9. The summed E-state index contributed by atoms with van der Waals surface area (Å²) in [5.74, 6) is 3.55. The van der Waals surface area contributed by atoms with E-state index in [4.69, 9.17) is 9.47 Å². The smallest absolute Gasteiger partial charge is 0.868 e. The molecule has 5 heterocycles. The van der Waals surface area contributed by atoms with Crippen molar-refractivity contribution in [3.63, 3.8) is 0 Å². The van der Waals surface area contributed by atoms with Crippen LogP contribution in [0.25, 0.3) is 133 Å². The van der Waals surface area contributed by atoms with Crippen LogP contribution in [0.15, 0.2) is 359 Å². The first-order valence-electron chi connectivity index (χ1n) is 34.6. The average molecular weight is 1320 g/mol. The van der Waals surface area contributed by atoms with Gasteiger partial charge in [0.2, 0.25) is 5.52 Å². The molecule has 0 bridgehead atoms. The first-order chi connectivity index (χ1) is 50.4. The first kappa shape index (κ1) is 65.0. The molecule has 0 unspecified atom stereocenters. The van der Waals surface area contributed by atoms with Gasteiger partial charge in [-0.3, -0.25) is 9.97 Å². The number of hydrogen-bond acceptors (Lipinski definition) is 5. The van der Waals surface area contributed by atoms with Gasteiger partial charge in [0.1, 0.15) is 23.0 Å². The van der Waals surface area contributed by atoms with Gasteiger partial charge in [0.05, 0.1) is 0 Å². The summed E-state index contributed by atoms with van der Waals surface area (Å²) in [6, 6.07) is 115. The summed E-state index contributed by atoms with van der Waals surface area (Å²) in [6.07, 6.45) is 9.37. The molecule has 1 N–H and O–H groups in total. The van der Waals surface area contributed by atoms with E-state index in [1.165, 1.54) is 77.2 Å².